The molecule has 106 valence electrons. The number of nitrogens with zero attached hydrogens (tertiary/aromatic N) is 1. The Bertz CT molecular complexity index is 419. The van der Waals surface area contributed by atoms with E-state index < -0.39 is 0 Å². The molecule has 0 bridgehead atoms. The monoisotopic (exact) mass is 325 g/mol. The largest absolute Gasteiger partial charge is 0.506 e. The van der Waals surface area contributed by atoms with Crippen molar-refractivity contribution in [3.63, 3.8) is 0 Å². The summed E-state index contributed by atoms with van der Waals surface area (Å²) in [4.78, 5) is 2.48. The molecular weight excluding hydrogens is 302 g/mol. The number of halogens is 1. The number of rotatable bonds is 3. The zero-order valence-electron chi connectivity index (χ0n) is 11.9. The molecule has 0 aliphatic carbocycles. The molecule has 2 nitrogen and oxygen atoms in total. The number of para-hydroxylation sites is 1. The van der Waals surface area contributed by atoms with E-state index in [-0.39, 0.29) is 0 Å². The lowest BCUT2D eigenvalue weighted by Crippen LogP contribution is -2.24. The summed E-state index contributed by atoms with van der Waals surface area (Å²) >= 11 is 3.39. The normalized spacial score (nSPS) is 21.6. The van der Waals surface area contributed by atoms with E-state index in [1.54, 1.807) is 0 Å². The second-order valence-corrected chi connectivity index (χ2v) is 6.81. The molecule has 1 atom stereocenters. The quantitative estimate of drug-likeness (QED) is 0.889. The molecule has 0 radical (unpaired) electrons. The Labute approximate surface area is 124 Å². The van der Waals surface area contributed by atoms with E-state index >= 15 is 0 Å². The van der Waals surface area contributed by atoms with Crippen molar-refractivity contribution in [2.75, 3.05) is 13.1 Å². The van der Waals surface area contributed by atoms with Crippen LogP contribution in [-0.4, -0.2) is 23.1 Å². The van der Waals surface area contributed by atoms with Crippen LogP contribution in [0.15, 0.2) is 22.7 Å². The number of aromatic hydroxyl groups is 1. The minimum Gasteiger partial charge on any atom is -0.506 e. The average molecular weight is 326 g/mol. The topological polar surface area (TPSA) is 23.5 Å². The molecular formula is C16H24BrNO. The van der Waals surface area contributed by atoms with Gasteiger partial charge in [-0.25, -0.2) is 0 Å². The van der Waals surface area contributed by atoms with E-state index in [1.165, 1.54) is 19.3 Å². The van der Waals surface area contributed by atoms with Gasteiger partial charge in [0, 0.05) is 12.1 Å². The van der Waals surface area contributed by atoms with Crippen LogP contribution in [0.2, 0.25) is 0 Å². The molecule has 1 N–H and O–H groups in total. The molecule has 3 heteroatoms. The minimum absolute atomic E-state index is 0.396. The molecule has 1 heterocycles. The zero-order chi connectivity index (χ0) is 13.8. The Morgan fingerprint density at radius 3 is 2.84 bits per heavy atom. The molecule has 2 rings (SSSR count). The van der Waals surface area contributed by atoms with Crippen molar-refractivity contribution in [2.24, 2.45) is 11.8 Å². The van der Waals surface area contributed by atoms with Gasteiger partial charge in [-0.2, -0.15) is 0 Å². The van der Waals surface area contributed by atoms with Crippen molar-refractivity contribution in [3.05, 3.63) is 28.2 Å². The summed E-state index contributed by atoms with van der Waals surface area (Å²) in [5.41, 5.74) is 1.03. The second kappa shape index (κ2) is 6.76. The predicted octanol–water partition coefficient (Wildman–Crippen LogP) is 4.41. The van der Waals surface area contributed by atoms with Gasteiger partial charge in [-0.05, 0) is 66.2 Å². The summed E-state index contributed by atoms with van der Waals surface area (Å²) in [6, 6.07) is 5.90. The SMILES string of the molecule is CC(C)C1CCCN(Cc2cccc(Br)c2O)CC1. The van der Waals surface area contributed by atoms with Gasteiger partial charge in [-0.15, -0.1) is 0 Å². The molecule has 0 spiro atoms. The minimum atomic E-state index is 0.396. The van der Waals surface area contributed by atoms with Crippen molar-refractivity contribution in [1.29, 1.82) is 0 Å². The smallest absolute Gasteiger partial charge is 0.134 e. The molecule has 1 aliphatic heterocycles. The van der Waals surface area contributed by atoms with Gasteiger partial charge >= 0.3 is 0 Å². The van der Waals surface area contributed by atoms with Gasteiger partial charge < -0.3 is 5.11 Å². The zero-order valence-corrected chi connectivity index (χ0v) is 13.5. The Kier molecular flexibility index (Phi) is 5.28. The molecule has 1 saturated heterocycles. The standard InChI is InChI=1S/C16H24BrNO/c1-12(2)13-6-4-9-18(10-8-13)11-14-5-3-7-15(17)16(14)19/h3,5,7,12-13,19H,4,6,8-11H2,1-2H3. The molecule has 1 aliphatic rings. The fourth-order valence-corrected chi connectivity index (χ4v) is 3.34. The van der Waals surface area contributed by atoms with Gasteiger partial charge in [0.2, 0.25) is 0 Å². The Morgan fingerprint density at radius 1 is 1.32 bits per heavy atom. The maximum absolute atomic E-state index is 10.1. The molecule has 1 unspecified atom stereocenters. The second-order valence-electron chi connectivity index (χ2n) is 5.96. The average Bonchev–Trinajstić information content (AvgIpc) is 2.60. The van der Waals surface area contributed by atoms with Crippen LogP contribution in [0.3, 0.4) is 0 Å². The lowest BCUT2D eigenvalue weighted by atomic mass is 9.89. The van der Waals surface area contributed by atoms with Gasteiger partial charge in [-0.3, -0.25) is 4.90 Å². The first-order valence-corrected chi connectivity index (χ1v) is 8.06. The molecule has 1 fully saturated rings. The summed E-state index contributed by atoms with van der Waals surface area (Å²) in [5.74, 6) is 2.05. The fourth-order valence-electron chi connectivity index (χ4n) is 2.93. The highest BCUT2D eigenvalue weighted by molar-refractivity contribution is 9.10. The van der Waals surface area contributed by atoms with Crippen LogP contribution in [0.25, 0.3) is 0 Å². The number of phenolic OH excluding ortho intramolecular Hbond substituents is 1. The molecule has 1 aromatic carbocycles. The van der Waals surface area contributed by atoms with E-state index in [2.05, 4.69) is 34.7 Å². The highest BCUT2D eigenvalue weighted by atomic mass is 79.9. The fraction of sp³-hybridized carbons (Fsp3) is 0.625. The predicted molar refractivity (Wildman–Crippen MR) is 83.3 cm³/mol. The summed E-state index contributed by atoms with van der Waals surface area (Å²) in [6.07, 6.45) is 3.91. The van der Waals surface area contributed by atoms with Gasteiger partial charge in [0.05, 0.1) is 4.47 Å². The molecule has 1 aromatic rings. The van der Waals surface area contributed by atoms with Crippen molar-refractivity contribution >= 4 is 15.9 Å². The van der Waals surface area contributed by atoms with E-state index in [0.29, 0.717) is 5.75 Å². The van der Waals surface area contributed by atoms with Crippen LogP contribution in [0.1, 0.15) is 38.7 Å². The van der Waals surface area contributed by atoms with Gasteiger partial charge in [0.15, 0.2) is 0 Å². The van der Waals surface area contributed by atoms with Crippen LogP contribution >= 0.6 is 15.9 Å². The first kappa shape index (κ1) is 14.9. The van der Waals surface area contributed by atoms with Gasteiger partial charge in [0.25, 0.3) is 0 Å². The Hall–Kier alpha value is -0.540. The molecule has 0 amide bonds. The Morgan fingerprint density at radius 2 is 2.11 bits per heavy atom. The highest BCUT2D eigenvalue weighted by Gasteiger charge is 2.20. The third kappa shape index (κ3) is 3.96. The summed E-state index contributed by atoms with van der Waals surface area (Å²) in [7, 11) is 0. The van der Waals surface area contributed by atoms with Crippen molar-refractivity contribution < 1.29 is 5.11 Å². The van der Waals surface area contributed by atoms with E-state index in [4.69, 9.17) is 0 Å². The number of hydrogen-bond acceptors (Lipinski definition) is 2. The van der Waals surface area contributed by atoms with Crippen molar-refractivity contribution in [3.8, 4) is 5.75 Å². The first-order valence-electron chi connectivity index (χ1n) is 7.26. The molecule has 19 heavy (non-hydrogen) atoms. The van der Waals surface area contributed by atoms with Crippen LogP contribution < -0.4 is 0 Å². The first-order chi connectivity index (χ1) is 9.08. The highest BCUT2D eigenvalue weighted by Crippen LogP contribution is 2.30. The van der Waals surface area contributed by atoms with Crippen molar-refractivity contribution in [1.82, 2.24) is 4.90 Å². The lowest BCUT2D eigenvalue weighted by molar-refractivity contribution is 0.261. The van der Waals surface area contributed by atoms with Crippen molar-refractivity contribution in [2.45, 2.75) is 39.7 Å². The number of likely N-dealkylation sites (tertiary alicyclic amines) is 1. The van der Waals surface area contributed by atoms with Crippen LogP contribution in [0.5, 0.6) is 5.75 Å². The van der Waals surface area contributed by atoms with E-state index in [1.807, 2.05) is 18.2 Å². The summed E-state index contributed by atoms with van der Waals surface area (Å²) in [5, 5.41) is 10.1. The van der Waals surface area contributed by atoms with Gasteiger partial charge in [-0.1, -0.05) is 26.0 Å². The number of benzene rings is 1. The molecule has 0 aromatic heterocycles. The van der Waals surface area contributed by atoms with Gasteiger partial charge in [0.1, 0.15) is 5.75 Å². The van der Waals surface area contributed by atoms with Crippen LogP contribution in [-0.2, 0) is 6.54 Å². The molecule has 0 saturated carbocycles. The number of phenols is 1. The third-order valence-electron chi connectivity index (χ3n) is 4.27. The summed E-state index contributed by atoms with van der Waals surface area (Å²) in [6.45, 7) is 7.82. The third-order valence-corrected chi connectivity index (χ3v) is 4.91. The van der Waals surface area contributed by atoms with E-state index in [9.17, 15) is 5.11 Å². The van der Waals surface area contributed by atoms with Crippen LogP contribution in [0, 0.1) is 11.8 Å². The number of hydrogen-bond donors (Lipinski definition) is 1. The summed E-state index contributed by atoms with van der Waals surface area (Å²) < 4.78 is 0.792. The maximum atomic E-state index is 10.1. The van der Waals surface area contributed by atoms with E-state index in [0.717, 1.165) is 41.5 Å². The van der Waals surface area contributed by atoms with Crippen LogP contribution in [0.4, 0.5) is 0 Å². The maximum Gasteiger partial charge on any atom is 0.134 e. The lowest BCUT2D eigenvalue weighted by Gasteiger charge is -2.22. The Balaban J connectivity index is 1.98.